The molecule has 0 fully saturated rings. The molecule has 0 saturated heterocycles. The van der Waals surface area contributed by atoms with Crippen LogP contribution in [0, 0.1) is 6.92 Å². The van der Waals surface area contributed by atoms with Crippen molar-refractivity contribution in [2.75, 3.05) is 13.2 Å². The summed E-state index contributed by atoms with van der Waals surface area (Å²) in [6, 6.07) is 3.84. The number of amides is 1. The Kier molecular flexibility index (Phi) is 6.27. The lowest BCUT2D eigenvalue weighted by molar-refractivity contribution is -0.142. The molecule has 0 aliphatic heterocycles. The zero-order valence-electron chi connectivity index (χ0n) is 10.9. The fourth-order valence-corrected chi connectivity index (χ4v) is 1.77. The van der Waals surface area contributed by atoms with Crippen molar-refractivity contribution >= 4 is 23.5 Å². The normalized spacial score (nSPS) is 11.8. The second kappa shape index (κ2) is 7.72. The third-order valence-electron chi connectivity index (χ3n) is 2.55. The third kappa shape index (κ3) is 5.07. The summed E-state index contributed by atoms with van der Waals surface area (Å²) in [5.74, 6) is -1.27. The van der Waals surface area contributed by atoms with E-state index in [-0.39, 0.29) is 19.6 Å². The van der Waals surface area contributed by atoms with E-state index in [1.807, 2.05) is 0 Å². The summed E-state index contributed by atoms with van der Waals surface area (Å²) in [5.41, 5.74) is 0.774. The molecule has 7 heteroatoms. The zero-order chi connectivity index (χ0) is 15.1. The number of aliphatic carboxylic acids is 1. The van der Waals surface area contributed by atoms with E-state index in [1.54, 1.807) is 25.1 Å². The molecule has 1 amide bonds. The second-order valence-electron chi connectivity index (χ2n) is 4.17. The Labute approximate surface area is 121 Å². The SMILES string of the molecule is Cc1cc(Cl)ccc1OCC(=O)NC(CCO)C(=O)O. The number of carbonyl (C=O) groups is 2. The van der Waals surface area contributed by atoms with Crippen molar-refractivity contribution in [1.82, 2.24) is 5.32 Å². The van der Waals surface area contributed by atoms with Gasteiger partial charge in [0.05, 0.1) is 0 Å². The fraction of sp³-hybridized carbons (Fsp3) is 0.385. The molecule has 0 spiro atoms. The smallest absolute Gasteiger partial charge is 0.326 e. The van der Waals surface area contributed by atoms with Crippen molar-refractivity contribution in [3.8, 4) is 5.75 Å². The van der Waals surface area contributed by atoms with Crippen molar-refractivity contribution in [3.63, 3.8) is 0 Å². The van der Waals surface area contributed by atoms with E-state index >= 15 is 0 Å². The van der Waals surface area contributed by atoms with Gasteiger partial charge in [-0.25, -0.2) is 4.79 Å². The standard InChI is InChI=1S/C13H16ClNO5/c1-8-6-9(14)2-3-11(8)20-7-12(17)15-10(4-5-16)13(18)19/h2-3,6,10,16H,4-5,7H2,1H3,(H,15,17)(H,18,19). The molecule has 1 atom stereocenters. The van der Waals surface area contributed by atoms with E-state index < -0.39 is 17.9 Å². The Balaban J connectivity index is 2.52. The second-order valence-corrected chi connectivity index (χ2v) is 4.61. The average molecular weight is 302 g/mol. The minimum absolute atomic E-state index is 0.0545. The van der Waals surface area contributed by atoms with Gasteiger partial charge in [0, 0.05) is 18.1 Å². The summed E-state index contributed by atoms with van der Waals surface area (Å²) in [5, 5.41) is 20.4. The van der Waals surface area contributed by atoms with Crippen molar-refractivity contribution in [1.29, 1.82) is 0 Å². The number of hydrogen-bond donors (Lipinski definition) is 3. The summed E-state index contributed by atoms with van der Waals surface area (Å²) in [6.07, 6.45) is -0.0545. The molecule has 1 aromatic carbocycles. The van der Waals surface area contributed by atoms with Crippen LogP contribution in [0.25, 0.3) is 0 Å². The van der Waals surface area contributed by atoms with Gasteiger partial charge in [-0.15, -0.1) is 0 Å². The van der Waals surface area contributed by atoms with Crippen LogP contribution in [0.3, 0.4) is 0 Å². The number of halogens is 1. The Bertz CT molecular complexity index is 492. The summed E-state index contributed by atoms with van der Waals surface area (Å²) >= 11 is 5.79. The minimum Gasteiger partial charge on any atom is -0.484 e. The number of hydrogen-bond acceptors (Lipinski definition) is 4. The molecule has 0 heterocycles. The summed E-state index contributed by atoms with van der Waals surface area (Å²) in [7, 11) is 0. The number of aliphatic hydroxyl groups excluding tert-OH is 1. The predicted molar refractivity (Wildman–Crippen MR) is 73.0 cm³/mol. The number of carboxylic acid groups (broad SMARTS) is 1. The molecular formula is C13H16ClNO5. The number of rotatable bonds is 7. The lowest BCUT2D eigenvalue weighted by Crippen LogP contribution is -2.43. The molecule has 0 aliphatic rings. The van der Waals surface area contributed by atoms with E-state index in [2.05, 4.69) is 5.32 Å². The average Bonchev–Trinajstić information content (AvgIpc) is 2.37. The largest absolute Gasteiger partial charge is 0.484 e. The first-order valence-electron chi connectivity index (χ1n) is 5.96. The van der Waals surface area contributed by atoms with Gasteiger partial charge in [-0.1, -0.05) is 11.6 Å². The Morgan fingerprint density at radius 2 is 2.15 bits per heavy atom. The van der Waals surface area contributed by atoms with Gasteiger partial charge in [-0.3, -0.25) is 4.79 Å². The number of aliphatic hydroxyl groups is 1. The monoisotopic (exact) mass is 301 g/mol. The van der Waals surface area contributed by atoms with Crippen LogP contribution in [-0.4, -0.2) is 41.3 Å². The molecule has 0 radical (unpaired) electrons. The van der Waals surface area contributed by atoms with Crippen molar-refractivity contribution in [3.05, 3.63) is 28.8 Å². The number of benzene rings is 1. The van der Waals surface area contributed by atoms with Gasteiger partial charge in [0.25, 0.3) is 5.91 Å². The van der Waals surface area contributed by atoms with E-state index in [4.69, 9.17) is 26.6 Å². The lowest BCUT2D eigenvalue weighted by atomic mass is 10.2. The molecule has 0 aliphatic carbocycles. The summed E-state index contributed by atoms with van der Waals surface area (Å²) in [4.78, 5) is 22.4. The van der Waals surface area contributed by atoms with E-state index in [0.717, 1.165) is 5.56 Å². The number of aryl methyl sites for hydroxylation is 1. The quantitative estimate of drug-likeness (QED) is 0.697. The first-order chi connectivity index (χ1) is 9.43. The van der Waals surface area contributed by atoms with Crippen LogP contribution in [0.5, 0.6) is 5.75 Å². The topological polar surface area (TPSA) is 95.9 Å². The Hall–Kier alpha value is -1.79. The van der Waals surface area contributed by atoms with Gasteiger partial charge in [0.15, 0.2) is 6.61 Å². The van der Waals surface area contributed by atoms with Gasteiger partial charge >= 0.3 is 5.97 Å². The van der Waals surface area contributed by atoms with Crippen molar-refractivity contribution in [2.45, 2.75) is 19.4 Å². The first-order valence-corrected chi connectivity index (χ1v) is 6.34. The zero-order valence-corrected chi connectivity index (χ0v) is 11.7. The van der Waals surface area contributed by atoms with Crippen LogP contribution in [0.2, 0.25) is 5.02 Å². The highest BCUT2D eigenvalue weighted by Gasteiger charge is 2.19. The van der Waals surface area contributed by atoms with Gasteiger partial charge < -0.3 is 20.3 Å². The Morgan fingerprint density at radius 3 is 2.70 bits per heavy atom. The maximum absolute atomic E-state index is 11.6. The fourth-order valence-electron chi connectivity index (χ4n) is 1.54. The molecule has 0 bridgehead atoms. The van der Waals surface area contributed by atoms with Crippen LogP contribution in [-0.2, 0) is 9.59 Å². The van der Waals surface area contributed by atoms with Gasteiger partial charge in [0.1, 0.15) is 11.8 Å². The molecule has 1 rings (SSSR count). The summed E-state index contributed by atoms with van der Waals surface area (Å²) in [6.45, 7) is 1.15. The molecule has 0 aromatic heterocycles. The highest BCUT2D eigenvalue weighted by Crippen LogP contribution is 2.21. The molecule has 1 aromatic rings. The molecule has 3 N–H and O–H groups in total. The van der Waals surface area contributed by atoms with Crippen LogP contribution in [0.15, 0.2) is 18.2 Å². The number of carboxylic acids is 1. The van der Waals surface area contributed by atoms with E-state index in [1.165, 1.54) is 0 Å². The van der Waals surface area contributed by atoms with E-state index in [9.17, 15) is 9.59 Å². The van der Waals surface area contributed by atoms with Crippen LogP contribution in [0.4, 0.5) is 0 Å². The highest BCUT2D eigenvalue weighted by atomic mass is 35.5. The van der Waals surface area contributed by atoms with Gasteiger partial charge in [-0.2, -0.15) is 0 Å². The van der Waals surface area contributed by atoms with Crippen LogP contribution < -0.4 is 10.1 Å². The summed E-state index contributed by atoms with van der Waals surface area (Å²) < 4.78 is 5.29. The maximum Gasteiger partial charge on any atom is 0.326 e. The molecule has 20 heavy (non-hydrogen) atoms. The molecule has 0 saturated carbocycles. The van der Waals surface area contributed by atoms with Gasteiger partial charge in [0.2, 0.25) is 0 Å². The first kappa shape index (κ1) is 16.3. The van der Waals surface area contributed by atoms with Crippen molar-refractivity contribution < 1.29 is 24.5 Å². The Morgan fingerprint density at radius 1 is 1.45 bits per heavy atom. The third-order valence-corrected chi connectivity index (χ3v) is 2.78. The molecule has 1 unspecified atom stereocenters. The minimum atomic E-state index is -1.20. The molecular weight excluding hydrogens is 286 g/mol. The predicted octanol–water partition coefficient (Wildman–Crippen LogP) is 0.979. The highest BCUT2D eigenvalue weighted by molar-refractivity contribution is 6.30. The lowest BCUT2D eigenvalue weighted by Gasteiger charge is -2.14. The van der Waals surface area contributed by atoms with E-state index in [0.29, 0.717) is 10.8 Å². The van der Waals surface area contributed by atoms with Crippen LogP contribution in [0.1, 0.15) is 12.0 Å². The maximum atomic E-state index is 11.6. The van der Waals surface area contributed by atoms with Crippen molar-refractivity contribution in [2.24, 2.45) is 0 Å². The molecule has 6 nitrogen and oxygen atoms in total. The number of nitrogens with one attached hydrogen (secondary N) is 1. The number of ether oxygens (including phenoxy) is 1. The molecule has 110 valence electrons. The van der Waals surface area contributed by atoms with Crippen LogP contribution >= 0.6 is 11.6 Å². The number of carbonyl (C=O) groups excluding carboxylic acids is 1. The van der Waals surface area contributed by atoms with Gasteiger partial charge in [-0.05, 0) is 30.7 Å².